The van der Waals surface area contributed by atoms with Crippen LogP contribution in [0.25, 0.3) is 11.4 Å². The minimum absolute atomic E-state index is 0.201. The average Bonchev–Trinajstić information content (AvgIpc) is 2.58. The summed E-state index contributed by atoms with van der Waals surface area (Å²) in [7, 11) is 0. The van der Waals surface area contributed by atoms with E-state index < -0.39 is 5.97 Å². The summed E-state index contributed by atoms with van der Waals surface area (Å²) in [4.78, 5) is 15.1. The number of aromatic carboxylic acids is 1. The number of anilines is 3. The van der Waals surface area contributed by atoms with Crippen molar-refractivity contribution >= 4 is 23.3 Å². The van der Waals surface area contributed by atoms with Crippen LogP contribution in [0.3, 0.4) is 0 Å². The molecule has 0 atom stereocenters. The lowest BCUT2D eigenvalue weighted by Gasteiger charge is -2.08. The first-order valence-electron chi connectivity index (χ1n) is 6.79. The Morgan fingerprint density at radius 3 is 2.30 bits per heavy atom. The number of carboxylic acids is 1. The number of aromatic nitrogens is 3. The molecule has 0 bridgehead atoms. The van der Waals surface area contributed by atoms with Crippen molar-refractivity contribution in [3.05, 3.63) is 60.2 Å². The molecule has 3 rings (SSSR count). The third-order valence-electron chi connectivity index (χ3n) is 3.14. The molecule has 7 heteroatoms. The van der Waals surface area contributed by atoms with Crippen molar-refractivity contribution < 1.29 is 9.90 Å². The van der Waals surface area contributed by atoms with Gasteiger partial charge in [0.2, 0.25) is 0 Å². The van der Waals surface area contributed by atoms with Crippen LogP contribution < -0.4 is 11.1 Å². The van der Waals surface area contributed by atoms with Crippen LogP contribution in [-0.2, 0) is 0 Å². The predicted octanol–water partition coefficient (Wildman–Crippen LogP) is 2.56. The van der Waals surface area contributed by atoms with Gasteiger partial charge < -0.3 is 16.2 Å². The Bertz CT molecular complexity index is 835. The average molecular weight is 307 g/mol. The lowest BCUT2D eigenvalue weighted by atomic mass is 10.2. The number of nitrogen functional groups attached to an aromatic ring is 1. The molecule has 0 amide bonds. The third kappa shape index (κ3) is 3.24. The molecule has 0 saturated carbocycles. The molecule has 3 aromatic rings. The largest absolute Gasteiger partial charge is 0.478 e. The smallest absolute Gasteiger partial charge is 0.335 e. The molecule has 1 heterocycles. The summed E-state index contributed by atoms with van der Waals surface area (Å²) in [6, 6.07) is 15.6. The number of carboxylic acid groups (broad SMARTS) is 1. The standard InChI is InChI=1S/C16H13N5O2/c17-13-15(18-12-8-6-11(7-9-12)16(22)23)21-20-14(19-13)10-4-2-1-3-5-10/h1-9H,(H,18,21)(H,22,23)(H2,17,19,20). The molecule has 7 nitrogen and oxygen atoms in total. The van der Waals surface area contributed by atoms with Gasteiger partial charge in [0.15, 0.2) is 17.5 Å². The van der Waals surface area contributed by atoms with Gasteiger partial charge in [-0.1, -0.05) is 30.3 Å². The van der Waals surface area contributed by atoms with Crippen molar-refractivity contribution in [2.75, 3.05) is 11.1 Å². The van der Waals surface area contributed by atoms with Crippen molar-refractivity contribution in [1.82, 2.24) is 15.2 Å². The molecule has 4 N–H and O–H groups in total. The van der Waals surface area contributed by atoms with E-state index in [4.69, 9.17) is 10.8 Å². The van der Waals surface area contributed by atoms with E-state index in [1.807, 2.05) is 30.3 Å². The zero-order valence-corrected chi connectivity index (χ0v) is 12.0. The molecular weight excluding hydrogens is 294 g/mol. The summed E-state index contributed by atoms with van der Waals surface area (Å²) in [5.41, 5.74) is 7.58. The van der Waals surface area contributed by atoms with Gasteiger partial charge in [-0.3, -0.25) is 0 Å². The second-order valence-electron chi connectivity index (χ2n) is 4.74. The number of nitrogens with one attached hydrogen (secondary N) is 1. The second kappa shape index (κ2) is 6.10. The molecule has 0 saturated heterocycles. The van der Waals surface area contributed by atoms with Gasteiger partial charge in [0, 0.05) is 11.3 Å². The molecular formula is C16H13N5O2. The van der Waals surface area contributed by atoms with E-state index >= 15 is 0 Å². The lowest BCUT2D eigenvalue weighted by Crippen LogP contribution is -2.05. The van der Waals surface area contributed by atoms with Gasteiger partial charge in [0.05, 0.1) is 5.56 Å². The van der Waals surface area contributed by atoms with Crippen molar-refractivity contribution in [2.45, 2.75) is 0 Å². The van der Waals surface area contributed by atoms with Gasteiger partial charge in [0.25, 0.3) is 0 Å². The van der Waals surface area contributed by atoms with Crippen LogP contribution in [-0.4, -0.2) is 26.3 Å². The van der Waals surface area contributed by atoms with Crippen LogP contribution in [0.4, 0.5) is 17.3 Å². The van der Waals surface area contributed by atoms with Crippen molar-refractivity contribution in [1.29, 1.82) is 0 Å². The van der Waals surface area contributed by atoms with Crippen molar-refractivity contribution in [3.63, 3.8) is 0 Å². The van der Waals surface area contributed by atoms with Crippen LogP contribution >= 0.6 is 0 Å². The minimum atomic E-state index is -0.982. The van der Waals surface area contributed by atoms with Crippen molar-refractivity contribution in [3.8, 4) is 11.4 Å². The Kier molecular flexibility index (Phi) is 3.84. The van der Waals surface area contributed by atoms with E-state index in [2.05, 4.69) is 20.5 Å². The van der Waals surface area contributed by atoms with Gasteiger partial charge in [-0.15, -0.1) is 10.2 Å². The predicted molar refractivity (Wildman–Crippen MR) is 86.4 cm³/mol. The number of nitrogens with zero attached hydrogens (tertiary/aromatic N) is 3. The van der Waals surface area contributed by atoms with E-state index in [-0.39, 0.29) is 11.4 Å². The van der Waals surface area contributed by atoms with Gasteiger partial charge in [-0.05, 0) is 24.3 Å². The van der Waals surface area contributed by atoms with E-state index in [1.165, 1.54) is 12.1 Å². The number of rotatable bonds is 4. The van der Waals surface area contributed by atoms with Crippen LogP contribution in [0.2, 0.25) is 0 Å². The Morgan fingerprint density at radius 2 is 1.70 bits per heavy atom. The summed E-state index contributed by atoms with van der Waals surface area (Å²) in [5, 5.41) is 19.9. The molecule has 1 aromatic heterocycles. The Morgan fingerprint density at radius 1 is 1.00 bits per heavy atom. The summed E-state index contributed by atoms with van der Waals surface area (Å²) in [5.74, 6) is -0.0199. The van der Waals surface area contributed by atoms with E-state index in [1.54, 1.807) is 12.1 Å². The first kappa shape index (κ1) is 14.5. The molecule has 2 aromatic carbocycles. The van der Waals surface area contributed by atoms with E-state index in [0.29, 0.717) is 17.3 Å². The summed E-state index contributed by atoms with van der Waals surface area (Å²) in [6.07, 6.45) is 0. The fourth-order valence-electron chi connectivity index (χ4n) is 1.97. The summed E-state index contributed by atoms with van der Waals surface area (Å²) < 4.78 is 0. The highest BCUT2D eigenvalue weighted by Crippen LogP contribution is 2.21. The number of nitrogens with two attached hydrogens (primary N) is 1. The normalized spacial score (nSPS) is 10.3. The first-order valence-corrected chi connectivity index (χ1v) is 6.79. The highest BCUT2D eigenvalue weighted by molar-refractivity contribution is 5.88. The Hall–Kier alpha value is -3.48. The minimum Gasteiger partial charge on any atom is -0.478 e. The lowest BCUT2D eigenvalue weighted by molar-refractivity contribution is 0.0697. The Balaban J connectivity index is 1.82. The maximum absolute atomic E-state index is 10.8. The van der Waals surface area contributed by atoms with Crippen LogP contribution in [0.5, 0.6) is 0 Å². The number of benzene rings is 2. The van der Waals surface area contributed by atoms with Gasteiger partial charge in [-0.25, -0.2) is 9.78 Å². The topological polar surface area (TPSA) is 114 Å². The van der Waals surface area contributed by atoms with Crippen molar-refractivity contribution in [2.24, 2.45) is 0 Å². The molecule has 23 heavy (non-hydrogen) atoms. The summed E-state index contributed by atoms with van der Waals surface area (Å²) in [6.45, 7) is 0. The monoisotopic (exact) mass is 307 g/mol. The maximum Gasteiger partial charge on any atom is 0.335 e. The molecule has 0 radical (unpaired) electrons. The van der Waals surface area contributed by atoms with Crippen LogP contribution in [0, 0.1) is 0 Å². The van der Waals surface area contributed by atoms with E-state index in [9.17, 15) is 4.79 Å². The SMILES string of the molecule is Nc1nc(-c2ccccc2)nnc1Nc1ccc(C(=O)O)cc1. The zero-order chi connectivity index (χ0) is 16.2. The molecule has 0 unspecified atom stereocenters. The van der Waals surface area contributed by atoms with Crippen LogP contribution in [0.1, 0.15) is 10.4 Å². The molecule has 0 aliphatic rings. The van der Waals surface area contributed by atoms with Crippen LogP contribution in [0.15, 0.2) is 54.6 Å². The fourth-order valence-corrected chi connectivity index (χ4v) is 1.97. The van der Waals surface area contributed by atoms with Gasteiger partial charge in [-0.2, -0.15) is 0 Å². The highest BCUT2D eigenvalue weighted by atomic mass is 16.4. The maximum atomic E-state index is 10.8. The number of carbonyl (C=O) groups is 1. The quantitative estimate of drug-likeness (QED) is 0.678. The van der Waals surface area contributed by atoms with E-state index in [0.717, 1.165) is 5.56 Å². The third-order valence-corrected chi connectivity index (χ3v) is 3.14. The van der Waals surface area contributed by atoms with Gasteiger partial charge in [0.1, 0.15) is 0 Å². The first-order chi connectivity index (χ1) is 11.1. The molecule has 0 aliphatic carbocycles. The Labute approximate surface area is 131 Å². The molecule has 0 aliphatic heterocycles. The number of hydrogen-bond acceptors (Lipinski definition) is 6. The molecule has 0 spiro atoms. The highest BCUT2D eigenvalue weighted by Gasteiger charge is 2.09. The molecule has 114 valence electrons. The zero-order valence-electron chi connectivity index (χ0n) is 12.0. The number of hydrogen-bond donors (Lipinski definition) is 3. The second-order valence-corrected chi connectivity index (χ2v) is 4.74. The molecule has 0 fully saturated rings. The van der Waals surface area contributed by atoms with Gasteiger partial charge >= 0.3 is 5.97 Å². The fraction of sp³-hybridized carbons (Fsp3) is 0. The summed E-state index contributed by atoms with van der Waals surface area (Å²) >= 11 is 0.